The van der Waals surface area contributed by atoms with Crippen molar-refractivity contribution in [3.63, 3.8) is 0 Å². The van der Waals surface area contributed by atoms with Gasteiger partial charge < -0.3 is 19.7 Å². The third kappa shape index (κ3) is 1.71. The number of rotatable bonds is 1. The first-order chi connectivity index (χ1) is 7.70. The largest absolute Gasteiger partial charge is 0.468 e. The molecule has 8 heteroatoms. The highest BCUT2D eigenvalue weighted by molar-refractivity contribution is 5.85. The first-order valence-corrected chi connectivity index (χ1v) is 4.94. The molecular formula is C9H12ClN3O4. The van der Waals surface area contributed by atoms with Gasteiger partial charge in [-0.3, -0.25) is 9.98 Å². The molecule has 0 spiro atoms. The number of fused-ring (bicyclic) bond motifs is 3. The van der Waals surface area contributed by atoms with Gasteiger partial charge in [-0.25, -0.2) is 4.98 Å². The Kier molecular flexibility index (Phi) is 3.09. The van der Waals surface area contributed by atoms with E-state index in [0.29, 0.717) is 5.88 Å². The van der Waals surface area contributed by atoms with Gasteiger partial charge in [0.2, 0.25) is 5.88 Å². The van der Waals surface area contributed by atoms with Gasteiger partial charge in [0.05, 0.1) is 6.61 Å². The molecule has 0 aromatic carbocycles. The number of hydrogen-bond donors (Lipinski definition) is 3. The standard InChI is InChI=1S/C9H11N3O4.ClH/c10-5-1-6-12(3-11-5)9-8(16-6)7(14)4(2-13)15-9;/h1,3-4,7-10,13-14H,2H2;1H/t4-,7?,8-,9-;/m1./s1. The molecule has 2 aliphatic heterocycles. The molecule has 3 N–H and O–H groups in total. The van der Waals surface area contributed by atoms with Crippen molar-refractivity contribution in [3.05, 3.63) is 17.9 Å². The highest BCUT2D eigenvalue weighted by Gasteiger charge is 2.50. The first kappa shape index (κ1) is 12.3. The third-order valence-corrected chi connectivity index (χ3v) is 2.86. The van der Waals surface area contributed by atoms with E-state index in [1.54, 1.807) is 4.57 Å². The van der Waals surface area contributed by atoms with E-state index in [9.17, 15) is 5.11 Å². The van der Waals surface area contributed by atoms with Gasteiger partial charge in [0.15, 0.2) is 17.8 Å². The van der Waals surface area contributed by atoms with Crippen molar-refractivity contribution in [2.24, 2.45) is 0 Å². The summed E-state index contributed by atoms with van der Waals surface area (Å²) in [5.74, 6) is 0.449. The lowest BCUT2D eigenvalue weighted by atomic mass is 10.1. The Labute approximate surface area is 103 Å². The van der Waals surface area contributed by atoms with Crippen molar-refractivity contribution >= 4 is 12.4 Å². The van der Waals surface area contributed by atoms with Crippen LogP contribution >= 0.6 is 12.4 Å². The molecule has 0 radical (unpaired) electrons. The summed E-state index contributed by atoms with van der Waals surface area (Å²) in [6.07, 6.45) is -1.08. The van der Waals surface area contributed by atoms with E-state index in [4.69, 9.17) is 20.0 Å². The fraction of sp³-hybridized carbons (Fsp3) is 0.556. The molecule has 1 unspecified atom stereocenters. The minimum absolute atomic E-state index is 0. The zero-order chi connectivity index (χ0) is 11.3. The number of aromatic nitrogens is 2. The van der Waals surface area contributed by atoms with Gasteiger partial charge in [-0.05, 0) is 0 Å². The predicted octanol–water partition coefficient (Wildman–Crippen LogP) is -1.20. The van der Waals surface area contributed by atoms with Crippen LogP contribution in [-0.2, 0) is 4.74 Å². The van der Waals surface area contributed by atoms with Crippen LogP contribution in [0.25, 0.3) is 0 Å². The van der Waals surface area contributed by atoms with Gasteiger partial charge >= 0.3 is 0 Å². The second-order valence-electron chi connectivity index (χ2n) is 3.84. The quantitative estimate of drug-likeness (QED) is 0.589. The van der Waals surface area contributed by atoms with Crippen molar-refractivity contribution in [1.29, 1.82) is 5.41 Å². The zero-order valence-corrected chi connectivity index (χ0v) is 9.50. The fourth-order valence-electron chi connectivity index (χ4n) is 2.06. The van der Waals surface area contributed by atoms with E-state index in [1.165, 1.54) is 12.4 Å². The molecule has 17 heavy (non-hydrogen) atoms. The van der Waals surface area contributed by atoms with Crippen molar-refractivity contribution in [2.75, 3.05) is 6.61 Å². The smallest absolute Gasteiger partial charge is 0.201 e. The Morgan fingerprint density at radius 2 is 2.29 bits per heavy atom. The average molecular weight is 262 g/mol. The van der Waals surface area contributed by atoms with Crippen LogP contribution in [-0.4, -0.2) is 44.7 Å². The van der Waals surface area contributed by atoms with E-state index in [-0.39, 0.29) is 24.5 Å². The third-order valence-electron chi connectivity index (χ3n) is 2.86. The molecule has 0 bridgehead atoms. The van der Waals surface area contributed by atoms with Crippen LogP contribution in [0.4, 0.5) is 0 Å². The zero-order valence-electron chi connectivity index (χ0n) is 8.68. The maximum absolute atomic E-state index is 9.81. The number of nitrogens with one attached hydrogen (secondary N) is 1. The predicted molar refractivity (Wildman–Crippen MR) is 56.7 cm³/mol. The highest BCUT2D eigenvalue weighted by atomic mass is 35.5. The van der Waals surface area contributed by atoms with Gasteiger partial charge in [0, 0.05) is 6.07 Å². The minimum Gasteiger partial charge on any atom is -0.468 e. The summed E-state index contributed by atoms with van der Waals surface area (Å²) in [5, 5.41) is 26.1. The van der Waals surface area contributed by atoms with E-state index >= 15 is 0 Å². The molecule has 1 aromatic heterocycles. The Bertz CT molecular complexity index is 480. The number of ether oxygens (including phenoxy) is 2. The molecular weight excluding hydrogens is 250 g/mol. The molecule has 3 heterocycles. The van der Waals surface area contributed by atoms with Crippen LogP contribution in [0.3, 0.4) is 0 Å². The average Bonchev–Trinajstić information content (AvgIpc) is 2.75. The lowest BCUT2D eigenvalue weighted by Crippen LogP contribution is -2.34. The molecule has 3 rings (SSSR count). The summed E-state index contributed by atoms with van der Waals surface area (Å²) in [7, 11) is 0. The molecule has 94 valence electrons. The molecule has 7 nitrogen and oxygen atoms in total. The number of halogens is 1. The van der Waals surface area contributed by atoms with Gasteiger partial charge in [-0.15, -0.1) is 12.4 Å². The molecule has 1 aromatic rings. The topological polar surface area (TPSA) is 101 Å². The second kappa shape index (κ2) is 4.26. The van der Waals surface area contributed by atoms with Crippen LogP contribution in [0.1, 0.15) is 6.23 Å². The minimum atomic E-state index is -0.871. The van der Waals surface area contributed by atoms with Crippen molar-refractivity contribution in [3.8, 4) is 5.88 Å². The molecule has 2 aliphatic rings. The second-order valence-corrected chi connectivity index (χ2v) is 3.84. The summed E-state index contributed by atoms with van der Waals surface area (Å²) < 4.78 is 12.5. The maximum Gasteiger partial charge on any atom is 0.201 e. The lowest BCUT2D eigenvalue weighted by molar-refractivity contribution is -0.0435. The molecule has 4 atom stereocenters. The van der Waals surface area contributed by atoms with Gasteiger partial charge in [-0.1, -0.05) is 0 Å². The lowest BCUT2D eigenvalue weighted by Gasteiger charge is -2.14. The van der Waals surface area contributed by atoms with E-state index in [2.05, 4.69) is 4.98 Å². The van der Waals surface area contributed by atoms with Crippen LogP contribution < -0.4 is 10.2 Å². The van der Waals surface area contributed by atoms with E-state index in [1.807, 2.05) is 0 Å². The molecule has 1 fully saturated rings. The van der Waals surface area contributed by atoms with Gasteiger partial charge in [0.25, 0.3) is 0 Å². The van der Waals surface area contributed by atoms with Gasteiger partial charge in [-0.2, -0.15) is 0 Å². The molecule has 0 amide bonds. The molecule has 0 saturated carbocycles. The Balaban J connectivity index is 0.00000108. The molecule has 1 saturated heterocycles. The van der Waals surface area contributed by atoms with Crippen LogP contribution in [0.5, 0.6) is 5.88 Å². The van der Waals surface area contributed by atoms with E-state index in [0.717, 1.165) is 0 Å². The monoisotopic (exact) mass is 261 g/mol. The Morgan fingerprint density at radius 3 is 3.00 bits per heavy atom. The van der Waals surface area contributed by atoms with Crippen molar-refractivity contribution in [1.82, 2.24) is 9.55 Å². The van der Waals surface area contributed by atoms with Crippen LogP contribution in [0.15, 0.2) is 12.4 Å². The Morgan fingerprint density at radius 1 is 1.53 bits per heavy atom. The number of nitrogens with zero attached hydrogens (tertiary/aromatic N) is 2. The van der Waals surface area contributed by atoms with Gasteiger partial charge in [0.1, 0.15) is 18.5 Å². The van der Waals surface area contributed by atoms with Crippen molar-refractivity contribution in [2.45, 2.75) is 24.5 Å². The number of aliphatic hydroxyl groups excluding tert-OH is 2. The summed E-state index contributed by atoms with van der Waals surface area (Å²) in [6, 6.07) is 1.46. The van der Waals surface area contributed by atoms with E-state index < -0.39 is 24.5 Å². The Hall–Kier alpha value is -1.15. The normalized spacial score (nSPS) is 33.5. The summed E-state index contributed by atoms with van der Waals surface area (Å²) in [6.45, 7) is -0.253. The summed E-state index contributed by atoms with van der Waals surface area (Å²) in [4.78, 5) is 3.81. The maximum atomic E-state index is 9.81. The van der Waals surface area contributed by atoms with Crippen molar-refractivity contribution < 1.29 is 19.7 Å². The van der Waals surface area contributed by atoms with Crippen LogP contribution in [0, 0.1) is 5.41 Å². The SMILES string of the molecule is Cl.N=c1cc2n(cn1)[C@@H]1O[C@H](CO)C(O)[C@H]1O2. The fourth-order valence-corrected chi connectivity index (χ4v) is 2.06. The summed E-state index contributed by atoms with van der Waals surface area (Å²) in [5.41, 5.74) is 0.0967. The summed E-state index contributed by atoms with van der Waals surface area (Å²) >= 11 is 0. The van der Waals surface area contributed by atoms with Crippen LogP contribution in [0.2, 0.25) is 0 Å². The first-order valence-electron chi connectivity index (χ1n) is 4.94. The number of aliphatic hydroxyl groups is 2. The number of hydrogen-bond acceptors (Lipinski definition) is 6. The highest BCUT2D eigenvalue weighted by Crippen LogP contribution is 2.39. The molecule has 0 aliphatic carbocycles.